The summed E-state index contributed by atoms with van der Waals surface area (Å²) in [7, 11) is 0. The first-order valence-electron chi connectivity index (χ1n) is 4.73. The van der Waals surface area contributed by atoms with Gasteiger partial charge in [0, 0.05) is 5.92 Å². The molecule has 1 amide bonds. The van der Waals surface area contributed by atoms with Crippen molar-refractivity contribution >= 4 is 5.91 Å². The minimum atomic E-state index is -0.945. The topological polar surface area (TPSA) is 95.6 Å². The first kappa shape index (κ1) is 13.4. The molecule has 1 atom stereocenters. The van der Waals surface area contributed by atoms with Crippen molar-refractivity contribution in [2.24, 2.45) is 11.7 Å². The lowest BCUT2D eigenvalue weighted by Gasteiger charge is -2.27. The molecule has 84 valence electrons. The predicted octanol–water partition coefficient (Wildman–Crippen LogP) is -1.17. The van der Waals surface area contributed by atoms with E-state index in [-0.39, 0.29) is 25.0 Å². The van der Waals surface area contributed by atoms with Crippen LogP contribution in [0, 0.1) is 5.92 Å². The monoisotopic (exact) mass is 204 g/mol. The summed E-state index contributed by atoms with van der Waals surface area (Å²) in [5.74, 6) is -0.390. The molecule has 1 unspecified atom stereocenters. The van der Waals surface area contributed by atoms with Crippen molar-refractivity contribution in [3.05, 3.63) is 0 Å². The predicted molar refractivity (Wildman–Crippen MR) is 53.6 cm³/mol. The van der Waals surface area contributed by atoms with E-state index in [0.717, 1.165) is 0 Å². The quantitative estimate of drug-likeness (QED) is 0.438. The van der Waals surface area contributed by atoms with Crippen molar-refractivity contribution in [1.82, 2.24) is 5.32 Å². The zero-order valence-corrected chi connectivity index (χ0v) is 8.79. The fourth-order valence-corrected chi connectivity index (χ4v) is 0.931. The van der Waals surface area contributed by atoms with Gasteiger partial charge in [-0.2, -0.15) is 0 Å². The molecule has 0 spiro atoms. The van der Waals surface area contributed by atoms with E-state index in [1.54, 1.807) is 13.8 Å². The van der Waals surface area contributed by atoms with Gasteiger partial charge in [0.15, 0.2) is 0 Å². The number of amides is 1. The number of aliphatic hydroxyl groups excluding tert-OH is 2. The van der Waals surface area contributed by atoms with Crippen LogP contribution in [-0.4, -0.2) is 41.4 Å². The normalized spacial score (nSPS) is 13.8. The summed E-state index contributed by atoms with van der Waals surface area (Å²) in [6.45, 7) is 3.22. The van der Waals surface area contributed by atoms with E-state index in [1.165, 1.54) is 0 Å². The maximum Gasteiger partial charge on any atom is 0.223 e. The van der Waals surface area contributed by atoms with Crippen LogP contribution in [0.15, 0.2) is 0 Å². The van der Waals surface area contributed by atoms with Crippen LogP contribution in [-0.2, 0) is 4.79 Å². The molecule has 5 heteroatoms. The Kier molecular flexibility index (Phi) is 5.68. The summed E-state index contributed by atoms with van der Waals surface area (Å²) in [5, 5.41) is 20.5. The van der Waals surface area contributed by atoms with Crippen molar-refractivity contribution in [3.63, 3.8) is 0 Å². The van der Waals surface area contributed by atoms with Gasteiger partial charge in [-0.05, 0) is 19.9 Å². The maximum absolute atomic E-state index is 11.5. The van der Waals surface area contributed by atoms with E-state index in [0.29, 0.717) is 13.0 Å². The molecular weight excluding hydrogens is 184 g/mol. The van der Waals surface area contributed by atoms with E-state index in [2.05, 4.69) is 5.32 Å². The Balaban J connectivity index is 4.15. The van der Waals surface area contributed by atoms with Gasteiger partial charge < -0.3 is 21.3 Å². The largest absolute Gasteiger partial charge is 0.394 e. The Morgan fingerprint density at radius 2 is 2.00 bits per heavy atom. The lowest BCUT2D eigenvalue weighted by atomic mass is 10.0. The van der Waals surface area contributed by atoms with E-state index in [1.807, 2.05) is 0 Å². The molecule has 0 aliphatic rings. The van der Waals surface area contributed by atoms with Crippen molar-refractivity contribution < 1.29 is 15.0 Å². The Hall–Kier alpha value is -0.650. The molecule has 0 heterocycles. The van der Waals surface area contributed by atoms with Crippen molar-refractivity contribution in [2.75, 3.05) is 19.8 Å². The smallest absolute Gasteiger partial charge is 0.223 e. The second-order valence-corrected chi connectivity index (χ2v) is 3.84. The maximum atomic E-state index is 11.5. The number of nitrogens with two attached hydrogens (primary N) is 1. The molecule has 0 aromatic carbocycles. The van der Waals surface area contributed by atoms with E-state index in [9.17, 15) is 4.79 Å². The molecule has 0 fully saturated rings. The molecule has 0 aliphatic carbocycles. The number of aliphatic hydroxyl groups is 2. The standard InChI is InChI=1S/C9H20N2O3/c1-7(3-4-10)8(14)11-9(2,5-12)6-13/h7,12-13H,3-6,10H2,1-2H3,(H,11,14). The van der Waals surface area contributed by atoms with Crippen LogP contribution in [0.25, 0.3) is 0 Å². The Bertz CT molecular complexity index is 181. The molecular formula is C9H20N2O3. The number of rotatable bonds is 6. The number of hydrogen-bond acceptors (Lipinski definition) is 4. The number of carbonyl (C=O) groups excluding carboxylic acids is 1. The van der Waals surface area contributed by atoms with Gasteiger partial charge in [-0.3, -0.25) is 4.79 Å². The SMILES string of the molecule is CC(CCN)C(=O)NC(C)(CO)CO. The van der Waals surface area contributed by atoms with Crippen LogP contribution in [0.2, 0.25) is 0 Å². The average Bonchev–Trinajstić information content (AvgIpc) is 2.18. The van der Waals surface area contributed by atoms with Crippen LogP contribution in [0.1, 0.15) is 20.3 Å². The van der Waals surface area contributed by atoms with E-state index in [4.69, 9.17) is 15.9 Å². The Morgan fingerprint density at radius 3 is 2.36 bits per heavy atom. The highest BCUT2D eigenvalue weighted by molar-refractivity contribution is 5.79. The van der Waals surface area contributed by atoms with Gasteiger partial charge in [-0.25, -0.2) is 0 Å². The van der Waals surface area contributed by atoms with Crippen LogP contribution in [0.3, 0.4) is 0 Å². The highest BCUT2D eigenvalue weighted by Gasteiger charge is 2.26. The lowest BCUT2D eigenvalue weighted by Crippen LogP contribution is -2.53. The molecule has 0 saturated carbocycles. The fraction of sp³-hybridized carbons (Fsp3) is 0.889. The zero-order chi connectivity index (χ0) is 11.2. The molecule has 14 heavy (non-hydrogen) atoms. The van der Waals surface area contributed by atoms with Gasteiger partial charge >= 0.3 is 0 Å². The average molecular weight is 204 g/mol. The molecule has 0 rings (SSSR count). The second-order valence-electron chi connectivity index (χ2n) is 3.84. The van der Waals surface area contributed by atoms with E-state index >= 15 is 0 Å². The van der Waals surface area contributed by atoms with Crippen molar-refractivity contribution in [1.29, 1.82) is 0 Å². The van der Waals surface area contributed by atoms with Crippen LogP contribution in [0.5, 0.6) is 0 Å². The summed E-state index contributed by atoms with van der Waals surface area (Å²) >= 11 is 0. The third-order valence-corrected chi connectivity index (χ3v) is 2.17. The summed E-state index contributed by atoms with van der Waals surface area (Å²) in [6.07, 6.45) is 0.596. The number of hydrogen-bond donors (Lipinski definition) is 4. The summed E-state index contributed by atoms with van der Waals surface area (Å²) in [5.41, 5.74) is 4.37. The molecule has 5 N–H and O–H groups in total. The van der Waals surface area contributed by atoms with Crippen molar-refractivity contribution in [2.45, 2.75) is 25.8 Å². The summed E-state index contributed by atoms with van der Waals surface area (Å²) in [6, 6.07) is 0. The van der Waals surface area contributed by atoms with Gasteiger partial charge in [0.25, 0.3) is 0 Å². The Morgan fingerprint density at radius 1 is 1.50 bits per heavy atom. The lowest BCUT2D eigenvalue weighted by molar-refractivity contribution is -0.127. The molecule has 0 radical (unpaired) electrons. The molecule has 0 aromatic heterocycles. The third-order valence-electron chi connectivity index (χ3n) is 2.17. The Labute approximate surface area is 84.3 Å². The first-order chi connectivity index (χ1) is 6.49. The molecule has 0 saturated heterocycles. The van der Waals surface area contributed by atoms with Crippen LogP contribution < -0.4 is 11.1 Å². The second kappa shape index (κ2) is 5.95. The van der Waals surface area contributed by atoms with Crippen LogP contribution in [0.4, 0.5) is 0 Å². The van der Waals surface area contributed by atoms with E-state index < -0.39 is 5.54 Å². The van der Waals surface area contributed by atoms with Gasteiger partial charge in [0.1, 0.15) is 0 Å². The van der Waals surface area contributed by atoms with Gasteiger partial charge in [-0.15, -0.1) is 0 Å². The minimum absolute atomic E-state index is 0.193. The summed E-state index contributed by atoms with van der Waals surface area (Å²) < 4.78 is 0. The van der Waals surface area contributed by atoms with Crippen molar-refractivity contribution in [3.8, 4) is 0 Å². The first-order valence-corrected chi connectivity index (χ1v) is 4.73. The number of nitrogens with one attached hydrogen (secondary N) is 1. The fourth-order valence-electron chi connectivity index (χ4n) is 0.931. The molecule has 0 aliphatic heterocycles. The summed E-state index contributed by atoms with van der Waals surface area (Å²) in [4.78, 5) is 11.5. The number of carbonyl (C=O) groups is 1. The highest BCUT2D eigenvalue weighted by Crippen LogP contribution is 2.06. The third kappa shape index (κ3) is 4.04. The minimum Gasteiger partial charge on any atom is -0.394 e. The van der Waals surface area contributed by atoms with Gasteiger partial charge in [0.05, 0.1) is 18.8 Å². The molecule has 5 nitrogen and oxygen atoms in total. The van der Waals surface area contributed by atoms with Gasteiger partial charge in [-0.1, -0.05) is 6.92 Å². The molecule has 0 aromatic rings. The zero-order valence-electron chi connectivity index (χ0n) is 8.79. The highest BCUT2D eigenvalue weighted by atomic mass is 16.3. The van der Waals surface area contributed by atoms with Gasteiger partial charge in [0.2, 0.25) is 5.91 Å². The molecule has 0 bridgehead atoms. The van der Waals surface area contributed by atoms with Crippen LogP contribution >= 0.6 is 0 Å².